The normalized spacial score (nSPS) is 10.2. The predicted octanol–water partition coefficient (Wildman–Crippen LogP) is 3.07. The largest absolute Gasteiger partial charge is 0.396 e. The van der Waals surface area contributed by atoms with Crippen molar-refractivity contribution >= 4 is 37.5 Å². The quantitative estimate of drug-likeness (QED) is 0.443. The van der Waals surface area contributed by atoms with E-state index in [1.807, 2.05) is 0 Å². The Hall–Kier alpha value is -0.160. The fourth-order valence-corrected chi connectivity index (χ4v) is 1.30. The van der Waals surface area contributed by atoms with E-state index in [1.54, 1.807) is 0 Å². The first-order valence-electron chi connectivity index (χ1n) is 2.62. The van der Waals surface area contributed by atoms with Gasteiger partial charge in [0.05, 0.1) is 14.6 Å². The third-order valence-electron chi connectivity index (χ3n) is 1.13. The second-order valence-electron chi connectivity index (χ2n) is 1.89. The minimum atomic E-state index is -0.654. The molecule has 0 aliphatic heterocycles. The van der Waals surface area contributed by atoms with E-state index in [0.29, 0.717) is 0 Å². The molecule has 0 atom stereocenters. The van der Waals surface area contributed by atoms with E-state index in [4.69, 9.17) is 5.73 Å². The summed E-state index contributed by atoms with van der Waals surface area (Å²) in [6.07, 6.45) is 0. The van der Waals surface area contributed by atoms with Crippen LogP contribution in [0.4, 0.5) is 14.5 Å². The van der Waals surface area contributed by atoms with E-state index >= 15 is 0 Å². The Balaban J connectivity index is 3.46. The van der Waals surface area contributed by atoms with Crippen molar-refractivity contribution in [1.29, 1.82) is 0 Å². The van der Waals surface area contributed by atoms with Crippen molar-refractivity contribution in [2.45, 2.75) is 0 Å². The Morgan fingerprint density at radius 1 is 1.18 bits per heavy atom. The zero-order chi connectivity index (χ0) is 8.59. The van der Waals surface area contributed by atoms with Gasteiger partial charge in [0.25, 0.3) is 0 Å². The maximum atomic E-state index is 12.8. The molecule has 0 aliphatic rings. The first-order valence-corrected chi connectivity index (χ1v) is 4.21. The van der Waals surface area contributed by atoms with Gasteiger partial charge in [0.2, 0.25) is 0 Å². The molecule has 0 spiro atoms. The van der Waals surface area contributed by atoms with Crippen molar-refractivity contribution < 1.29 is 8.78 Å². The smallest absolute Gasteiger partial charge is 0.161 e. The van der Waals surface area contributed by atoms with Crippen LogP contribution in [0.25, 0.3) is 0 Å². The maximum absolute atomic E-state index is 12.8. The lowest BCUT2D eigenvalue weighted by atomic mass is 10.3. The number of halogens is 4. The van der Waals surface area contributed by atoms with Crippen LogP contribution in [0.15, 0.2) is 15.0 Å². The van der Waals surface area contributed by atoms with E-state index in [2.05, 4.69) is 31.9 Å². The van der Waals surface area contributed by atoms with Crippen molar-refractivity contribution in [2.24, 2.45) is 0 Å². The van der Waals surface area contributed by atoms with Crippen LogP contribution in [-0.2, 0) is 0 Å². The van der Waals surface area contributed by atoms with Crippen molar-refractivity contribution in [3.05, 3.63) is 26.6 Å². The summed E-state index contributed by atoms with van der Waals surface area (Å²) >= 11 is 5.69. The van der Waals surface area contributed by atoms with Gasteiger partial charge in [-0.3, -0.25) is 0 Å². The molecular weight excluding hydrogens is 284 g/mol. The van der Waals surface area contributed by atoms with Gasteiger partial charge >= 0.3 is 0 Å². The number of anilines is 1. The second kappa shape index (κ2) is 3.06. The number of hydrogen-bond donors (Lipinski definition) is 1. The van der Waals surface area contributed by atoms with E-state index in [1.165, 1.54) is 0 Å². The Labute approximate surface area is 78.8 Å². The van der Waals surface area contributed by atoms with Gasteiger partial charge in [-0.25, -0.2) is 8.78 Å². The highest BCUT2D eigenvalue weighted by atomic mass is 79.9. The van der Waals surface area contributed by atoms with Gasteiger partial charge in [-0.15, -0.1) is 0 Å². The van der Waals surface area contributed by atoms with Crippen molar-refractivity contribution in [1.82, 2.24) is 0 Å². The molecule has 0 saturated heterocycles. The van der Waals surface area contributed by atoms with E-state index in [0.717, 1.165) is 6.07 Å². The number of benzene rings is 1. The molecule has 0 fully saturated rings. The molecule has 11 heavy (non-hydrogen) atoms. The zero-order valence-corrected chi connectivity index (χ0v) is 8.34. The molecule has 0 aliphatic carbocycles. The number of rotatable bonds is 0. The van der Waals surface area contributed by atoms with E-state index < -0.39 is 11.6 Å². The summed E-state index contributed by atoms with van der Waals surface area (Å²) in [4.78, 5) is 0. The van der Waals surface area contributed by atoms with Gasteiger partial charge in [0.15, 0.2) is 5.82 Å². The van der Waals surface area contributed by atoms with Crippen LogP contribution in [0.5, 0.6) is 0 Å². The summed E-state index contributed by atoms with van der Waals surface area (Å²) in [7, 11) is 0. The van der Waals surface area contributed by atoms with Crippen molar-refractivity contribution in [3.63, 3.8) is 0 Å². The summed E-state index contributed by atoms with van der Waals surface area (Å²) in [6.45, 7) is 0. The number of nitrogen functional groups attached to an aromatic ring is 1. The molecule has 2 N–H and O–H groups in total. The van der Waals surface area contributed by atoms with Crippen molar-refractivity contribution in [3.8, 4) is 0 Å². The highest BCUT2D eigenvalue weighted by molar-refractivity contribution is 9.13. The first kappa shape index (κ1) is 8.93. The fourth-order valence-electron chi connectivity index (χ4n) is 0.591. The van der Waals surface area contributed by atoms with Crippen LogP contribution in [0.3, 0.4) is 0 Å². The molecule has 1 rings (SSSR count). The third kappa shape index (κ3) is 1.54. The lowest BCUT2D eigenvalue weighted by Crippen LogP contribution is -1.94. The molecule has 5 heteroatoms. The average molecular weight is 287 g/mol. The Bertz CT molecular complexity index is 275. The summed E-state index contributed by atoms with van der Waals surface area (Å²) < 4.78 is 25.6. The molecule has 60 valence electrons. The van der Waals surface area contributed by atoms with Gasteiger partial charge in [-0.1, -0.05) is 0 Å². The predicted molar refractivity (Wildman–Crippen MR) is 46.2 cm³/mol. The summed E-state index contributed by atoms with van der Waals surface area (Å²) in [5.74, 6) is -1.24. The first-order chi connectivity index (χ1) is 5.04. The Morgan fingerprint density at radius 2 is 1.73 bits per heavy atom. The third-order valence-corrected chi connectivity index (χ3v) is 3.18. The molecule has 1 aromatic carbocycles. The molecule has 0 heterocycles. The highest BCUT2D eigenvalue weighted by Crippen LogP contribution is 2.31. The average Bonchev–Trinajstić information content (AvgIpc) is 1.97. The standard InChI is InChI=1S/C6H3Br2F2N/c7-4-2(9)1-3(11)6(10)5(4)8/h1H,11H2. The Morgan fingerprint density at radius 3 is 2.27 bits per heavy atom. The van der Waals surface area contributed by atoms with Gasteiger partial charge < -0.3 is 5.73 Å². The minimum Gasteiger partial charge on any atom is -0.396 e. The topological polar surface area (TPSA) is 26.0 Å². The molecule has 0 unspecified atom stereocenters. The Kier molecular flexibility index (Phi) is 2.49. The molecule has 1 aromatic rings. The SMILES string of the molecule is Nc1cc(F)c(Br)c(Br)c1F. The molecular formula is C6H3Br2F2N. The molecule has 0 bridgehead atoms. The maximum Gasteiger partial charge on any atom is 0.161 e. The summed E-state index contributed by atoms with van der Waals surface area (Å²) in [5, 5.41) is 0. The number of hydrogen-bond acceptors (Lipinski definition) is 1. The fraction of sp³-hybridized carbons (Fsp3) is 0. The van der Waals surface area contributed by atoms with Gasteiger partial charge in [-0.05, 0) is 31.9 Å². The summed E-state index contributed by atoms with van der Waals surface area (Å²) in [5.41, 5.74) is 4.91. The molecule has 0 radical (unpaired) electrons. The van der Waals surface area contributed by atoms with Gasteiger partial charge in [0.1, 0.15) is 5.82 Å². The van der Waals surface area contributed by atoms with Crippen LogP contribution < -0.4 is 5.73 Å². The molecule has 1 nitrogen and oxygen atoms in total. The lowest BCUT2D eigenvalue weighted by Gasteiger charge is -2.02. The van der Waals surface area contributed by atoms with Crippen LogP contribution in [-0.4, -0.2) is 0 Å². The van der Waals surface area contributed by atoms with Crippen LogP contribution in [0.1, 0.15) is 0 Å². The van der Waals surface area contributed by atoms with E-state index in [-0.39, 0.29) is 14.6 Å². The molecule has 0 aromatic heterocycles. The highest BCUT2D eigenvalue weighted by Gasteiger charge is 2.12. The monoisotopic (exact) mass is 285 g/mol. The minimum absolute atomic E-state index is 0.00926. The molecule has 0 amide bonds. The summed E-state index contributed by atoms with van der Waals surface area (Å²) in [6, 6.07) is 0.921. The van der Waals surface area contributed by atoms with Crippen molar-refractivity contribution in [2.75, 3.05) is 5.73 Å². The zero-order valence-electron chi connectivity index (χ0n) is 5.17. The van der Waals surface area contributed by atoms with Gasteiger partial charge in [-0.2, -0.15) is 0 Å². The second-order valence-corrected chi connectivity index (χ2v) is 3.48. The number of nitrogens with two attached hydrogens (primary N) is 1. The van der Waals surface area contributed by atoms with E-state index in [9.17, 15) is 8.78 Å². The van der Waals surface area contributed by atoms with Crippen LogP contribution in [0.2, 0.25) is 0 Å². The lowest BCUT2D eigenvalue weighted by molar-refractivity contribution is 0.592. The van der Waals surface area contributed by atoms with Crippen LogP contribution in [0, 0.1) is 11.6 Å². The molecule has 0 saturated carbocycles. The van der Waals surface area contributed by atoms with Gasteiger partial charge in [0, 0.05) is 6.07 Å². The van der Waals surface area contributed by atoms with Crippen LogP contribution >= 0.6 is 31.9 Å².